The molecule has 3 rings (SSSR count). The predicted molar refractivity (Wildman–Crippen MR) is 92.7 cm³/mol. The minimum atomic E-state index is 0.132. The second kappa shape index (κ2) is 8.67. The third kappa shape index (κ3) is 5.08. The average molecular weight is 334 g/mol. The third-order valence-electron chi connectivity index (χ3n) is 5.29. The van der Waals surface area contributed by atoms with Crippen LogP contribution in [0.15, 0.2) is 16.5 Å². The van der Waals surface area contributed by atoms with Gasteiger partial charge < -0.3 is 14.5 Å². The predicted octanol–water partition coefficient (Wildman–Crippen LogP) is 2.88. The fourth-order valence-electron chi connectivity index (χ4n) is 3.90. The number of hydrogen-bond donors (Lipinski definition) is 1. The van der Waals surface area contributed by atoms with Crippen LogP contribution in [-0.2, 0) is 16.1 Å². The van der Waals surface area contributed by atoms with Gasteiger partial charge in [0.15, 0.2) is 0 Å². The number of furan rings is 1. The Labute approximate surface area is 144 Å². The van der Waals surface area contributed by atoms with E-state index in [2.05, 4.69) is 10.2 Å². The van der Waals surface area contributed by atoms with E-state index < -0.39 is 0 Å². The standard InChI is InChI=1S/C19H30N2O3/c1-15-4-6-18(24-15)13-20-19(22)7-5-16-3-2-10-21(14-16)17-8-11-23-12-9-17/h4,6,16-17H,2-3,5,7-14H2,1H3,(H,20,22)/t16-/m1/s1. The number of likely N-dealkylation sites (tertiary alicyclic amines) is 1. The molecule has 0 aliphatic carbocycles. The molecule has 0 radical (unpaired) electrons. The van der Waals surface area contributed by atoms with Crippen LogP contribution in [0, 0.1) is 12.8 Å². The number of piperidine rings is 1. The second-order valence-electron chi connectivity index (χ2n) is 7.17. The van der Waals surface area contributed by atoms with Gasteiger partial charge >= 0.3 is 0 Å². The Kier molecular flexibility index (Phi) is 6.32. The number of carbonyl (C=O) groups is 1. The number of amides is 1. The monoisotopic (exact) mass is 334 g/mol. The molecule has 0 saturated carbocycles. The van der Waals surface area contributed by atoms with Crippen LogP contribution in [0.4, 0.5) is 0 Å². The highest BCUT2D eigenvalue weighted by atomic mass is 16.5. The fraction of sp³-hybridized carbons (Fsp3) is 0.737. The Hall–Kier alpha value is -1.33. The van der Waals surface area contributed by atoms with E-state index >= 15 is 0 Å². The molecule has 1 atom stereocenters. The molecule has 2 aliphatic rings. The molecule has 5 nitrogen and oxygen atoms in total. The lowest BCUT2D eigenvalue weighted by Gasteiger charge is -2.40. The summed E-state index contributed by atoms with van der Waals surface area (Å²) in [5.74, 6) is 2.49. The summed E-state index contributed by atoms with van der Waals surface area (Å²) >= 11 is 0. The molecule has 24 heavy (non-hydrogen) atoms. The van der Waals surface area contributed by atoms with E-state index in [1.807, 2.05) is 19.1 Å². The summed E-state index contributed by atoms with van der Waals surface area (Å²) in [6, 6.07) is 4.54. The summed E-state index contributed by atoms with van der Waals surface area (Å²) in [6.07, 6.45) is 6.44. The van der Waals surface area contributed by atoms with Crippen LogP contribution in [0.3, 0.4) is 0 Å². The fourth-order valence-corrected chi connectivity index (χ4v) is 3.90. The first-order valence-corrected chi connectivity index (χ1v) is 9.34. The Balaban J connectivity index is 1.36. The van der Waals surface area contributed by atoms with Gasteiger partial charge in [-0.2, -0.15) is 0 Å². The van der Waals surface area contributed by atoms with Crippen molar-refractivity contribution in [2.45, 2.75) is 58.0 Å². The van der Waals surface area contributed by atoms with Crippen molar-refractivity contribution in [2.24, 2.45) is 5.92 Å². The molecule has 0 unspecified atom stereocenters. The summed E-state index contributed by atoms with van der Waals surface area (Å²) in [5.41, 5.74) is 0. The largest absolute Gasteiger partial charge is 0.465 e. The van der Waals surface area contributed by atoms with Crippen molar-refractivity contribution in [1.82, 2.24) is 10.2 Å². The maximum Gasteiger partial charge on any atom is 0.220 e. The lowest BCUT2D eigenvalue weighted by Crippen LogP contribution is -2.45. The Morgan fingerprint density at radius 2 is 2.12 bits per heavy atom. The molecule has 1 amide bonds. The highest BCUT2D eigenvalue weighted by molar-refractivity contribution is 5.75. The number of nitrogens with one attached hydrogen (secondary N) is 1. The molecule has 0 bridgehead atoms. The van der Waals surface area contributed by atoms with Gasteiger partial charge in [0.05, 0.1) is 6.54 Å². The smallest absolute Gasteiger partial charge is 0.220 e. The number of carbonyl (C=O) groups excluding carboxylic acids is 1. The maximum absolute atomic E-state index is 12.1. The zero-order chi connectivity index (χ0) is 16.8. The van der Waals surface area contributed by atoms with Crippen molar-refractivity contribution in [2.75, 3.05) is 26.3 Å². The summed E-state index contributed by atoms with van der Waals surface area (Å²) in [5, 5.41) is 2.96. The molecule has 2 fully saturated rings. The molecule has 1 aromatic heterocycles. The van der Waals surface area contributed by atoms with Gasteiger partial charge in [0, 0.05) is 32.2 Å². The summed E-state index contributed by atoms with van der Waals surface area (Å²) < 4.78 is 11.0. The van der Waals surface area contributed by atoms with Crippen molar-refractivity contribution in [3.05, 3.63) is 23.7 Å². The number of nitrogens with zero attached hydrogens (tertiary/aromatic N) is 1. The highest BCUT2D eigenvalue weighted by Crippen LogP contribution is 2.25. The number of rotatable bonds is 6. The van der Waals surface area contributed by atoms with Crippen molar-refractivity contribution in [3.8, 4) is 0 Å². The first kappa shape index (κ1) is 17.5. The van der Waals surface area contributed by atoms with Crippen LogP contribution in [-0.4, -0.2) is 43.2 Å². The summed E-state index contributed by atoms with van der Waals surface area (Å²) in [7, 11) is 0. The van der Waals surface area contributed by atoms with Gasteiger partial charge in [0.1, 0.15) is 11.5 Å². The van der Waals surface area contributed by atoms with Gasteiger partial charge in [0.25, 0.3) is 0 Å². The van der Waals surface area contributed by atoms with Crippen molar-refractivity contribution >= 4 is 5.91 Å². The quantitative estimate of drug-likeness (QED) is 0.869. The van der Waals surface area contributed by atoms with Gasteiger partial charge in [-0.25, -0.2) is 0 Å². The lowest BCUT2D eigenvalue weighted by atomic mass is 9.91. The van der Waals surface area contributed by atoms with Gasteiger partial charge in [-0.1, -0.05) is 0 Å². The van der Waals surface area contributed by atoms with Crippen molar-refractivity contribution in [1.29, 1.82) is 0 Å². The number of ether oxygens (including phenoxy) is 1. The third-order valence-corrected chi connectivity index (χ3v) is 5.29. The molecule has 2 aliphatic heterocycles. The lowest BCUT2D eigenvalue weighted by molar-refractivity contribution is -0.121. The van der Waals surface area contributed by atoms with Crippen LogP contribution in [0.5, 0.6) is 0 Å². The Morgan fingerprint density at radius 3 is 2.88 bits per heavy atom. The van der Waals surface area contributed by atoms with Crippen LogP contribution in [0.1, 0.15) is 50.0 Å². The van der Waals surface area contributed by atoms with Crippen LogP contribution in [0.2, 0.25) is 0 Å². The molecule has 3 heterocycles. The van der Waals surface area contributed by atoms with E-state index in [0.717, 1.165) is 50.5 Å². The molecular weight excluding hydrogens is 304 g/mol. The normalized spacial score (nSPS) is 23.3. The van der Waals surface area contributed by atoms with E-state index in [9.17, 15) is 4.79 Å². The first-order chi connectivity index (χ1) is 11.7. The highest BCUT2D eigenvalue weighted by Gasteiger charge is 2.27. The van der Waals surface area contributed by atoms with Gasteiger partial charge in [-0.05, 0) is 63.6 Å². The summed E-state index contributed by atoms with van der Waals surface area (Å²) in [4.78, 5) is 14.7. The minimum Gasteiger partial charge on any atom is -0.465 e. The maximum atomic E-state index is 12.1. The van der Waals surface area contributed by atoms with Crippen LogP contribution < -0.4 is 5.32 Å². The van der Waals surface area contributed by atoms with Crippen molar-refractivity contribution < 1.29 is 13.9 Å². The zero-order valence-electron chi connectivity index (χ0n) is 14.8. The van der Waals surface area contributed by atoms with Crippen molar-refractivity contribution in [3.63, 3.8) is 0 Å². The molecular formula is C19H30N2O3. The Morgan fingerprint density at radius 1 is 1.29 bits per heavy atom. The van der Waals surface area contributed by atoms with E-state index in [0.29, 0.717) is 24.9 Å². The molecule has 1 N–H and O–H groups in total. The van der Waals surface area contributed by atoms with E-state index in [4.69, 9.17) is 9.15 Å². The van der Waals surface area contributed by atoms with Gasteiger partial charge in [-0.15, -0.1) is 0 Å². The van der Waals surface area contributed by atoms with Crippen LogP contribution >= 0.6 is 0 Å². The minimum absolute atomic E-state index is 0.132. The average Bonchev–Trinajstić information content (AvgIpc) is 3.04. The van der Waals surface area contributed by atoms with E-state index in [1.54, 1.807) is 0 Å². The molecule has 0 aromatic carbocycles. The second-order valence-corrected chi connectivity index (χ2v) is 7.17. The first-order valence-electron chi connectivity index (χ1n) is 9.34. The molecule has 2 saturated heterocycles. The van der Waals surface area contributed by atoms with Crippen LogP contribution in [0.25, 0.3) is 0 Å². The SMILES string of the molecule is Cc1ccc(CNC(=O)CC[C@H]2CCCN(C3CCOCC3)C2)o1. The van der Waals surface area contributed by atoms with E-state index in [-0.39, 0.29) is 5.91 Å². The molecule has 0 spiro atoms. The number of hydrogen-bond acceptors (Lipinski definition) is 4. The molecule has 134 valence electrons. The summed E-state index contributed by atoms with van der Waals surface area (Å²) in [6.45, 7) is 6.58. The Bertz CT molecular complexity index is 522. The van der Waals surface area contributed by atoms with Gasteiger partial charge in [0.2, 0.25) is 5.91 Å². The topological polar surface area (TPSA) is 54.7 Å². The molecule has 5 heteroatoms. The van der Waals surface area contributed by atoms with E-state index in [1.165, 1.54) is 19.4 Å². The number of aryl methyl sites for hydroxylation is 1. The zero-order valence-corrected chi connectivity index (χ0v) is 14.8. The van der Waals surface area contributed by atoms with Gasteiger partial charge in [-0.3, -0.25) is 9.69 Å². The molecule has 1 aromatic rings.